The molecule has 0 saturated heterocycles. The van der Waals surface area contributed by atoms with Crippen molar-refractivity contribution in [3.05, 3.63) is 29.8 Å². The summed E-state index contributed by atoms with van der Waals surface area (Å²) in [5, 5.41) is 0. The maximum Gasteiger partial charge on any atom is 0.404 e. The van der Waals surface area contributed by atoms with Gasteiger partial charge < -0.3 is 9.47 Å². The average Bonchev–Trinajstić information content (AvgIpc) is 2.45. The van der Waals surface area contributed by atoms with Crippen LogP contribution in [0.5, 0.6) is 5.75 Å². The van der Waals surface area contributed by atoms with Gasteiger partial charge in [-0.05, 0) is 30.5 Å². The van der Waals surface area contributed by atoms with E-state index < -0.39 is 5.43 Å². The third-order valence-electron chi connectivity index (χ3n) is 3.27. The van der Waals surface area contributed by atoms with Crippen LogP contribution in [0, 0.1) is 0 Å². The Balaban J connectivity index is 2.60. The predicted molar refractivity (Wildman–Crippen MR) is 81.4 cm³/mol. The monoisotopic (exact) mass is 298 g/mol. The predicted octanol–water partition coefficient (Wildman–Crippen LogP) is 5.47. The molecule has 0 saturated carbocycles. The number of benzene rings is 1. The van der Waals surface area contributed by atoms with Crippen molar-refractivity contribution in [2.75, 3.05) is 7.11 Å². The minimum absolute atomic E-state index is 0.295. The van der Waals surface area contributed by atoms with E-state index in [4.69, 9.17) is 21.1 Å². The van der Waals surface area contributed by atoms with Gasteiger partial charge in [-0.15, -0.1) is 0 Å². The SMILES string of the molecule is CCCCCCCC(OC(=O)Cl)c1cccc(OC)c1. The van der Waals surface area contributed by atoms with Crippen molar-refractivity contribution in [2.24, 2.45) is 0 Å². The smallest absolute Gasteiger partial charge is 0.404 e. The van der Waals surface area contributed by atoms with Crippen molar-refractivity contribution in [1.29, 1.82) is 0 Å². The number of unbranched alkanes of at least 4 members (excludes halogenated alkanes) is 4. The fourth-order valence-corrected chi connectivity index (χ4v) is 2.29. The molecule has 0 bridgehead atoms. The number of hydrogen-bond acceptors (Lipinski definition) is 3. The summed E-state index contributed by atoms with van der Waals surface area (Å²) in [6.07, 6.45) is 6.34. The van der Waals surface area contributed by atoms with Crippen LogP contribution in [0.4, 0.5) is 4.79 Å². The van der Waals surface area contributed by atoms with Crippen LogP contribution in [0.1, 0.15) is 57.1 Å². The molecule has 1 unspecified atom stereocenters. The van der Waals surface area contributed by atoms with Gasteiger partial charge in [-0.2, -0.15) is 0 Å². The molecule has 1 aromatic carbocycles. The lowest BCUT2D eigenvalue weighted by molar-refractivity contribution is 0.114. The summed E-state index contributed by atoms with van der Waals surface area (Å²) in [4.78, 5) is 11.0. The van der Waals surface area contributed by atoms with Gasteiger partial charge >= 0.3 is 5.43 Å². The van der Waals surface area contributed by atoms with Gasteiger partial charge in [-0.3, -0.25) is 0 Å². The van der Waals surface area contributed by atoms with Crippen molar-refractivity contribution >= 4 is 17.0 Å². The summed E-state index contributed by atoms with van der Waals surface area (Å²) >= 11 is 5.37. The van der Waals surface area contributed by atoms with E-state index in [1.165, 1.54) is 19.3 Å². The lowest BCUT2D eigenvalue weighted by Gasteiger charge is -2.17. The molecule has 1 aromatic rings. The first-order chi connectivity index (χ1) is 9.67. The van der Waals surface area contributed by atoms with Gasteiger partial charge in [0.2, 0.25) is 0 Å². The van der Waals surface area contributed by atoms with Gasteiger partial charge in [0.1, 0.15) is 11.9 Å². The molecule has 0 aliphatic rings. The summed E-state index contributed by atoms with van der Waals surface area (Å²) in [6, 6.07) is 7.57. The number of methoxy groups -OCH3 is 1. The fraction of sp³-hybridized carbons (Fsp3) is 0.562. The molecule has 0 heterocycles. The molecule has 1 rings (SSSR count). The maximum atomic E-state index is 11.0. The van der Waals surface area contributed by atoms with Crippen LogP contribution in [0.3, 0.4) is 0 Å². The van der Waals surface area contributed by atoms with Crippen LogP contribution < -0.4 is 4.74 Å². The van der Waals surface area contributed by atoms with Gasteiger partial charge in [0.15, 0.2) is 0 Å². The van der Waals surface area contributed by atoms with Crippen molar-refractivity contribution in [3.8, 4) is 5.75 Å². The molecule has 0 aromatic heterocycles. The van der Waals surface area contributed by atoms with Crippen molar-refractivity contribution in [3.63, 3.8) is 0 Å². The van der Waals surface area contributed by atoms with E-state index in [0.29, 0.717) is 0 Å². The van der Waals surface area contributed by atoms with Gasteiger partial charge in [0.25, 0.3) is 0 Å². The number of ether oxygens (including phenoxy) is 2. The van der Waals surface area contributed by atoms with E-state index >= 15 is 0 Å². The van der Waals surface area contributed by atoms with E-state index in [2.05, 4.69) is 6.92 Å². The summed E-state index contributed by atoms with van der Waals surface area (Å²) < 4.78 is 10.4. The zero-order chi connectivity index (χ0) is 14.8. The van der Waals surface area contributed by atoms with E-state index in [1.54, 1.807) is 7.11 Å². The van der Waals surface area contributed by atoms with Crippen LogP contribution in [-0.4, -0.2) is 12.5 Å². The molecule has 0 aliphatic heterocycles. The molecule has 20 heavy (non-hydrogen) atoms. The molecule has 1 atom stereocenters. The maximum absolute atomic E-state index is 11.0. The highest BCUT2D eigenvalue weighted by molar-refractivity contribution is 6.61. The van der Waals surface area contributed by atoms with Gasteiger partial charge in [0, 0.05) is 11.6 Å². The van der Waals surface area contributed by atoms with E-state index in [9.17, 15) is 4.79 Å². The number of halogens is 1. The molecule has 0 amide bonds. The zero-order valence-corrected chi connectivity index (χ0v) is 13.0. The molecule has 0 aliphatic carbocycles. The summed E-state index contributed by atoms with van der Waals surface area (Å²) in [7, 11) is 1.62. The van der Waals surface area contributed by atoms with Crippen LogP contribution in [0.15, 0.2) is 24.3 Å². The highest BCUT2D eigenvalue weighted by Gasteiger charge is 2.16. The standard InChI is InChI=1S/C16H23ClO3/c1-3-4-5-6-7-11-15(20-16(17)18)13-9-8-10-14(12-13)19-2/h8-10,12,15H,3-7,11H2,1-2H3. The fourth-order valence-electron chi connectivity index (χ4n) is 2.18. The first-order valence-corrected chi connectivity index (χ1v) is 7.55. The Morgan fingerprint density at radius 3 is 2.65 bits per heavy atom. The van der Waals surface area contributed by atoms with Crippen molar-refractivity contribution in [2.45, 2.75) is 51.6 Å². The van der Waals surface area contributed by atoms with Crippen molar-refractivity contribution in [1.82, 2.24) is 0 Å². The Hall–Kier alpha value is -1.22. The first kappa shape index (κ1) is 16.8. The van der Waals surface area contributed by atoms with Crippen molar-refractivity contribution < 1.29 is 14.3 Å². The molecule has 0 N–H and O–H groups in total. The third kappa shape index (κ3) is 6.29. The highest BCUT2D eigenvalue weighted by Crippen LogP contribution is 2.27. The van der Waals surface area contributed by atoms with Crippen LogP contribution >= 0.6 is 11.6 Å². The number of rotatable bonds is 9. The number of carbonyl (C=O) groups is 1. The number of hydrogen-bond donors (Lipinski definition) is 0. The zero-order valence-electron chi connectivity index (χ0n) is 12.2. The second-order valence-corrected chi connectivity index (χ2v) is 5.13. The van der Waals surface area contributed by atoms with Gasteiger partial charge in [-0.25, -0.2) is 4.79 Å². The molecule has 112 valence electrons. The van der Waals surface area contributed by atoms with Crippen LogP contribution in [0.2, 0.25) is 0 Å². The minimum atomic E-state index is -0.758. The second-order valence-electron chi connectivity index (χ2n) is 4.82. The van der Waals surface area contributed by atoms with E-state index in [0.717, 1.165) is 30.6 Å². The van der Waals surface area contributed by atoms with E-state index in [1.807, 2.05) is 24.3 Å². The molecule has 4 heteroatoms. The van der Waals surface area contributed by atoms with Gasteiger partial charge in [0.05, 0.1) is 7.11 Å². The van der Waals surface area contributed by atoms with Crippen LogP contribution in [0.25, 0.3) is 0 Å². The second kappa shape index (κ2) is 9.65. The third-order valence-corrected chi connectivity index (χ3v) is 3.36. The molecular weight excluding hydrogens is 276 g/mol. The normalized spacial score (nSPS) is 11.9. The highest BCUT2D eigenvalue weighted by atomic mass is 35.5. The van der Waals surface area contributed by atoms with E-state index in [-0.39, 0.29) is 6.10 Å². The quantitative estimate of drug-likeness (QED) is 0.448. The number of carbonyl (C=O) groups excluding carboxylic acids is 1. The Bertz CT molecular complexity index is 406. The topological polar surface area (TPSA) is 35.5 Å². The summed E-state index contributed by atoms with van der Waals surface area (Å²) in [6.45, 7) is 2.19. The summed E-state index contributed by atoms with van der Waals surface area (Å²) in [5.74, 6) is 0.754. The molecule has 3 nitrogen and oxygen atoms in total. The molecule has 0 fully saturated rings. The Kier molecular flexibility index (Phi) is 8.12. The lowest BCUT2D eigenvalue weighted by Crippen LogP contribution is -2.06. The lowest BCUT2D eigenvalue weighted by atomic mass is 10.0. The molecular formula is C16H23ClO3. The summed E-state index contributed by atoms with van der Waals surface area (Å²) in [5.41, 5.74) is 0.167. The minimum Gasteiger partial charge on any atom is -0.497 e. The molecule has 0 radical (unpaired) electrons. The Morgan fingerprint density at radius 1 is 1.25 bits per heavy atom. The van der Waals surface area contributed by atoms with Crippen LogP contribution in [-0.2, 0) is 4.74 Å². The Labute approximate surface area is 126 Å². The first-order valence-electron chi connectivity index (χ1n) is 7.17. The Morgan fingerprint density at radius 2 is 2.00 bits per heavy atom. The largest absolute Gasteiger partial charge is 0.497 e. The average molecular weight is 299 g/mol. The molecule has 0 spiro atoms. The van der Waals surface area contributed by atoms with Gasteiger partial charge in [-0.1, -0.05) is 44.7 Å².